The number of carbonyl (C=O) groups excluding carboxylic acids is 2. The maximum atomic E-state index is 13.2. The maximum absolute atomic E-state index is 13.2. The second-order valence-corrected chi connectivity index (χ2v) is 12.6. The minimum Gasteiger partial charge on any atom is -0.385 e. The van der Waals surface area contributed by atoms with Gasteiger partial charge in [-0.25, -0.2) is 22.0 Å². The molecule has 0 fully saturated rings. The van der Waals surface area contributed by atoms with Gasteiger partial charge in [0.05, 0.1) is 12.6 Å². The van der Waals surface area contributed by atoms with Gasteiger partial charge < -0.3 is 19.6 Å². The number of hydrogen-bond donors (Lipinski definition) is 2. The number of likely N-dealkylation sites (N-methyl/N-ethyl adjacent to an activating group) is 2. The van der Waals surface area contributed by atoms with Crippen molar-refractivity contribution >= 4 is 43.2 Å². The van der Waals surface area contributed by atoms with Crippen molar-refractivity contribution in [2.45, 2.75) is 40.8 Å². The van der Waals surface area contributed by atoms with Gasteiger partial charge in [0.15, 0.2) is 0 Å². The molecule has 0 saturated carbocycles. The molecule has 3 N–H and O–H groups in total. The van der Waals surface area contributed by atoms with Crippen molar-refractivity contribution in [3.8, 4) is 0 Å². The number of fused-ring (bicyclic) bond motifs is 1. The van der Waals surface area contributed by atoms with Gasteiger partial charge in [-0.2, -0.15) is 4.31 Å². The molecule has 15 heteroatoms. The Morgan fingerprint density at radius 3 is 2.58 bits per heavy atom. The van der Waals surface area contributed by atoms with E-state index >= 15 is 0 Å². The van der Waals surface area contributed by atoms with Crippen LogP contribution in [0, 0.1) is 0 Å². The molecule has 33 heavy (non-hydrogen) atoms. The first-order valence-corrected chi connectivity index (χ1v) is 13.9. The monoisotopic (exact) mass is 526 g/mol. The number of primary sulfonamides is 1. The van der Waals surface area contributed by atoms with Crippen LogP contribution in [0.4, 0.5) is 0 Å². The Balaban J connectivity index is 2.49. The molecule has 2 atom stereocenters. The summed E-state index contributed by atoms with van der Waals surface area (Å²) in [7, 11) is -5.31. The minimum atomic E-state index is -4.17. The van der Waals surface area contributed by atoms with Crippen LogP contribution in [-0.2, 0) is 34.4 Å². The number of aliphatic hydroxyl groups is 1. The van der Waals surface area contributed by atoms with Gasteiger partial charge in [0.1, 0.15) is 14.5 Å². The van der Waals surface area contributed by atoms with Crippen molar-refractivity contribution in [2.24, 2.45) is 5.14 Å². The van der Waals surface area contributed by atoms with Crippen molar-refractivity contribution in [1.29, 1.82) is 0 Å². The second-order valence-electron chi connectivity index (χ2n) is 7.63. The molecule has 0 saturated heterocycles. The Labute approximate surface area is 198 Å². The van der Waals surface area contributed by atoms with Gasteiger partial charge in [-0.1, -0.05) is 0 Å². The summed E-state index contributed by atoms with van der Waals surface area (Å²) in [6, 6.07) is 0.412. The third-order valence-electron chi connectivity index (χ3n) is 5.19. The van der Waals surface area contributed by atoms with Crippen LogP contribution in [0.2, 0.25) is 0 Å². The lowest BCUT2D eigenvalue weighted by atomic mass is 10.1. The number of nitrogens with zero attached hydrogens (tertiary/aromatic N) is 3. The molecular weight excluding hydrogens is 496 g/mol. The van der Waals surface area contributed by atoms with Gasteiger partial charge in [-0.05, 0) is 26.3 Å². The molecule has 12 nitrogen and oxygen atoms in total. The first-order chi connectivity index (χ1) is 15.2. The lowest BCUT2D eigenvalue weighted by Gasteiger charge is -2.39. The Kier molecular flexibility index (Phi) is 9.00. The van der Waals surface area contributed by atoms with Crippen LogP contribution < -0.4 is 5.14 Å². The quantitative estimate of drug-likeness (QED) is 0.372. The first kappa shape index (κ1) is 27.6. The van der Waals surface area contributed by atoms with E-state index in [4.69, 9.17) is 9.88 Å². The molecule has 2 rings (SSSR count). The van der Waals surface area contributed by atoms with Crippen LogP contribution in [0.25, 0.3) is 0 Å². The van der Waals surface area contributed by atoms with E-state index in [-0.39, 0.29) is 40.2 Å². The van der Waals surface area contributed by atoms with E-state index in [1.165, 1.54) is 36.4 Å². The fourth-order valence-corrected chi connectivity index (χ4v) is 7.86. The highest BCUT2D eigenvalue weighted by molar-refractivity contribution is 7.94. The zero-order valence-corrected chi connectivity index (χ0v) is 21.4. The Hall–Kier alpha value is -1.62. The zero-order valence-electron chi connectivity index (χ0n) is 18.9. The van der Waals surface area contributed by atoms with Crippen molar-refractivity contribution in [3.05, 3.63) is 11.6 Å². The number of aliphatic hydroxyl groups excluding tert-OH is 1. The summed E-state index contributed by atoms with van der Waals surface area (Å²) in [5, 5.41) is 14.7. The molecule has 2 heterocycles. The number of hydrogen-bond acceptors (Lipinski definition) is 9. The molecule has 188 valence electrons. The normalized spacial score (nSPS) is 19.0. The number of thiophene rings is 1. The van der Waals surface area contributed by atoms with Gasteiger partial charge in [0.2, 0.25) is 15.9 Å². The van der Waals surface area contributed by atoms with E-state index in [1.54, 1.807) is 6.92 Å². The second kappa shape index (κ2) is 10.8. The van der Waals surface area contributed by atoms with E-state index in [2.05, 4.69) is 0 Å². The average molecular weight is 527 g/mol. The molecule has 1 aliphatic heterocycles. The lowest BCUT2D eigenvalue weighted by Crippen LogP contribution is -2.50. The van der Waals surface area contributed by atoms with E-state index in [0.717, 1.165) is 4.90 Å². The van der Waals surface area contributed by atoms with Crippen LogP contribution >= 0.6 is 11.3 Å². The highest BCUT2D eigenvalue weighted by Gasteiger charge is 2.43. The van der Waals surface area contributed by atoms with Crippen LogP contribution in [0.1, 0.15) is 31.9 Å². The van der Waals surface area contributed by atoms with Gasteiger partial charge in [-0.3, -0.25) is 9.59 Å². The average Bonchev–Trinajstić information content (AvgIpc) is 3.18. The number of sulfonamides is 2. The van der Waals surface area contributed by atoms with Crippen LogP contribution in [0.5, 0.6) is 0 Å². The van der Waals surface area contributed by atoms with E-state index in [9.17, 15) is 31.5 Å². The molecule has 1 aromatic heterocycles. The minimum absolute atomic E-state index is 0.0898. The van der Waals surface area contributed by atoms with Gasteiger partial charge >= 0.3 is 0 Å². The van der Waals surface area contributed by atoms with Crippen molar-refractivity contribution < 1.29 is 36.3 Å². The maximum Gasteiger partial charge on any atom is 0.253 e. The number of amides is 2. The summed E-state index contributed by atoms with van der Waals surface area (Å²) >= 11 is 0.549. The third kappa shape index (κ3) is 6.09. The molecule has 0 bridgehead atoms. The van der Waals surface area contributed by atoms with Gasteiger partial charge in [-0.15, -0.1) is 11.3 Å². The fourth-order valence-electron chi connectivity index (χ4n) is 3.57. The van der Waals surface area contributed by atoms with E-state index in [0.29, 0.717) is 24.4 Å². The number of rotatable bonds is 10. The molecule has 1 aliphatic rings. The van der Waals surface area contributed by atoms with Crippen molar-refractivity contribution in [2.75, 3.05) is 46.9 Å². The summed E-state index contributed by atoms with van der Waals surface area (Å²) in [5.41, 5.74) is 0.173. The molecule has 0 aromatic carbocycles. The topological polar surface area (TPSA) is 168 Å². The highest BCUT2D eigenvalue weighted by Crippen LogP contribution is 2.42. The number of nitrogens with two attached hydrogens (primary N) is 1. The predicted octanol–water partition coefficient (Wildman–Crippen LogP) is -0.835. The molecule has 1 aromatic rings. The van der Waals surface area contributed by atoms with Gasteiger partial charge in [0, 0.05) is 46.0 Å². The standard InChI is InChI=1S/C18H30N4O8S3/c1-5-22(15(24)11-20(3)17(25)12(2)23)14-10-21(7-6-8-30-4)33(28,29)18-13(14)9-16(31-18)32(19,26)27/h9,12,14,23H,5-8,10-11H2,1-4H3,(H2,19,26,27)/t12?,14-/m0/s1. The van der Waals surface area contributed by atoms with E-state index < -0.39 is 44.0 Å². The van der Waals surface area contributed by atoms with E-state index in [1.807, 2.05) is 0 Å². The molecule has 1 unspecified atom stereocenters. The smallest absolute Gasteiger partial charge is 0.253 e. The van der Waals surface area contributed by atoms with Crippen LogP contribution in [-0.4, -0.2) is 101 Å². The summed E-state index contributed by atoms with van der Waals surface area (Å²) in [5.74, 6) is -1.12. The molecule has 0 aliphatic carbocycles. The number of ether oxygens (including phenoxy) is 1. The number of methoxy groups -OCH3 is 1. The highest BCUT2D eigenvalue weighted by atomic mass is 32.3. The van der Waals surface area contributed by atoms with Gasteiger partial charge in [0.25, 0.3) is 15.9 Å². The predicted molar refractivity (Wildman–Crippen MR) is 120 cm³/mol. The Bertz CT molecular complexity index is 1080. The summed E-state index contributed by atoms with van der Waals surface area (Å²) in [6.45, 7) is 3.15. The molecular formula is C18H30N4O8S3. The van der Waals surface area contributed by atoms with Crippen molar-refractivity contribution in [3.63, 3.8) is 0 Å². The summed E-state index contributed by atoms with van der Waals surface area (Å²) in [6.07, 6.45) is -0.883. The lowest BCUT2D eigenvalue weighted by molar-refractivity contribution is -0.145. The largest absolute Gasteiger partial charge is 0.385 e. The zero-order chi connectivity index (χ0) is 25.1. The molecule has 0 spiro atoms. The van der Waals surface area contributed by atoms with Crippen LogP contribution in [0.3, 0.4) is 0 Å². The SMILES string of the molecule is CCN(C(=O)CN(C)C(=O)C(C)O)[C@H]1CN(CCCOC)S(=O)(=O)c2sc(S(N)(=O)=O)cc21. The summed E-state index contributed by atoms with van der Waals surface area (Å²) in [4.78, 5) is 27.5. The molecule has 2 amide bonds. The Morgan fingerprint density at radius 1 is 1.42 bits per heavy atom. The van der Waals surface area contributed by atoms with Crippen molar-refractivity contribution in [1.82, 2.24) is 14.1 Å². The summed E-state index contributed by atoms with van der Waals surface area (Å²) < 4.78 is 55.9. The fraction of sp³-hybridized carbons (Fsp3) is 0.667. The number of carbonyl (C=O) groups is 2. The Morgan fingerprint density at radius 2 is 2.06 bits per heavy atom. The first-order valence-electron chi connectivity index (χ1n) is 10.1. The molecule has 0 radical (unpaired) electrons. The van der Waals surface area contributed by atoms with Crippen LogP contribution in [0.15, 0.2) is 14.5 Å². The third-order valence-corrected chi connectivity index (χ3v) is 10.2.